The van der Waals surface area contributed by atoms with Crippen molar-refractivity contribution in [2.75, 3.05) is 40.5 Å². The number of nitrogens with zero attached hydrogens (tertiary/aromatic N) is 1. The van der Waals surface area contributed by atoms with Crippen LogP contribution in [0.5, 0.6) is 11.5 Å². The van der Waals surface area contributed by atoms with E-state index in [0.717, 1.165) is 13.1 Å². The highest BCUT2D eigenvalue weighted by Gasteiger charge is 2.16. The van der Waals surface area contributed by atoms with Crippen molar-refractivity contribution in [3.8, 4) is 11.5 Å². The van der Waals surface area contributed by atoms with Gasteiger partial charge >= 0.3 is 5.97 Å². The van der Waals surface area contributed by atoms with Gasteiger partial charge in [0, 0.05) is 6.54 Å². The Morgan fingerprint density at radius 2 is 1.96 bits per heavy atom. The lowest BCUT2D eigenvalue weighted by atomic mass is 10.1. The molecule has 0 unspecified atom stereocenters. The van der Waals surface area contributed by atoms with Gasteiger partial charge in [0.15, 0.2) is 11.5 Å². The van der Waals surface area contributed by atoms with Crippen LogP contribution in [0.2, 0.25) is 0 Å². The number of carbonyl (C=O) groups is 1. The van der Waals surface area contributed by atoms with Crippen LogP contribution < -0.4 is 9.47 Å². The summed E-state index contributed by atoms with van der Waals surface area (Å²) in [6.07, 6.45) is 3.10. The average Bonchev–Trinajstić information content (AvgIpc) is 2.60. The first-order valence-electron chi connectivity index (χ1n) is 7.93. The van der Waals surface area contributed by atoms with Crippen molar-refractivity contribution >= 4 is 5.97 Å². The lowest BCUT2D eigenvalue weighted by molar-refractivity contribution is 0.0591. The van der Waals surface area contributed by atoms with Crippen LogP contribution in [0.15, 0.2) is 18.2 Å². The molecule has 1 atom stereocenters. The maximum Gasteiger partial charge on any atom is 0.337 e. The number of benzene rings is 1. The highest BCUT2D eigenvalue weighted by Crippen LogP contribution is 2.28. The Bertz CT molecular complexity index is 514. The SMILES string of the molecule is COC(=O)c1ccc(OC[C@@H](O)CN2CCCCC2)c(OC)c1. The first kappa shape index (κ1) is 17.6. The van der Waals surface area contributed by atoms with Gasteiger partial charge in [-0.05, 0) is 44.1 Å². The molecule has 1 aromatic carbocycles. The Morgan fingerprint density at radius 3 is 2.61 bits per heavy atom. The lowest BCUT2D eigenvalue weighted by Gasteiger charge is -2.28. The smallest absolute Gasteiger partial charge is 0.337 e. The highest BCUT2D eigenvalue weighted by atomic mass is 16.5. The third-order valence-corrected chi connectivity index (χ3v) is 3.93. The van der Waals surface area contributed by atoms with Gasteiger partial charge in [-0.3, -0.25) is 0 Å². The Morgan fingerprint density at radius 1 is 1.22 bits per heavy atom. The first-order valence-corrected chi connectivity index (χ1v) is 7.93. The van der Waals surface area contributed by atoms with Gasteiger partial charge in [-0.1, -0.05) is 6.42 Å². The minimum absolute atomic E-state index is 0.185. The Balaban J connectivity index is 1.90. The fourth-order valence-corrected chi connectivity index (χ4v) is 2.71. The van der Waals surface area contributed by atoms with Gasteiger partial charge in [-0.25, -0.2) is 4.79 Å². The topological polar surface area (TPSA) is 68.2 Å². The van der Waals surface area contributed by atoms with E-state index in [9.17, 15) is 9.90 Å². The maximum atomic E-state index is 11.5. The third-order valence-electron chi connectivity index (χ3n) is 3.93. The van der Waals surface area contributed by atoms with Gasteiger partial charge in [-0.15, -0.1) is 0 Å². The summed E-state index contributed by atoms with van der Waals surface area (Å²) in [6.45, 7) is 2.87. The second-order valence-electron chi connectivity index (χ2n) is 5.68. The second-order valence-corrected chi connectivity index (χ2v) is 5.68. The average molecular weight is 323 g/mol. The Kier molecular flexibility index (Phi) is 6.67. The van der Waals surface area contributed by atoms with Crippen molar-refractivity contribution < 1.29 is 24.1 Å². The van der Waals surface area contributed by atoms with E-state index in [2.05, 4.69) is 9.64 Å². The number of hydrogen-bond acceptors (Lipinski definition) is 6. The highest BCUT2D eigenvalue weighted by molar-refractivity contribution is 5.90. The number of likely N-dealkylation sites (tertiary alicyclic amines) is 1. The molecule has 0 saturated carbocycles. The second kappa shape index (κ2) is 8.74. The van der Waals surface area contributed by atoms with E-state index in [-0.39, 0.29) is 6.61 Å². The molecule has 1 heterocycles. The number of ether oxygens (including phenoxy) is 3. The summed E-state index contributed by atoms with van der Waals surface area (Å²) < 4.78 is 15.6. The fourth-order valence-electron chi connectivity index (χ4n) is 2.71. The molecule has 1 aliphatic heterocycles. The maximum absolute atomic E-state index is 11.5. The first-order chi connectivity index (χ1) is 11.1. The zero-order valence-electron chi connectivity index (χ0n) is 13.8. The summed E-state index contributed by atoms with van der Waals surface area (Å²) in [5.74, 6) is 0.510. The predicted molar refractivity (Wildman–Crippen MR) is 86.1 cm³/mol. The third kappa shape index (κ3) is 5.11. The molecular formula is C17H25NO5. The van der Waals surface area contributed by atoms with E-state index in [1.165, 1.54) is 33.5 Å². The number of carbonyl (C=O) groups excluding carboxylic acids is 1. The van der Waals surface area contributed by atoms with Crippen molar-refractivity contribution in [1.29, 1.82) is 0 Å². The summed E-state index contributed by atoms with van der Waals surface area (Å²) in [6, 6.07) is 4.83. The van der Waals surface area contributed by atoms with E-state index >= 15 is 0 Å². The number of piperidine rings is 1. The summed E-state index contributed by atoms with van der Waals surface area (Å²) in [4.78, 5) is 13.8. The standard InChI is InChI=1S/C17H25NO5/c1-21-16-10-13(17(20)22-2)6-7-15(16)23-12-14(19)11-18-8-4-3-5-9-18/h6-7,10,14,19H,3-5,8-9,11-12H2,1-2H3/t14-/m0/s1. The van der Waals surface area contributed by atoms with Crippen LogP contribution in [0.4, 0.5) is 0 Å². The normalized spacial score (nSPS) is 16.7. The van der Waals surface area contributed by atoms with Gasteiger partial charge in [0.1, 0.15) is 12.7 Å². The Hall–Kier alpha value is -1.79. The minimum Gasteiger partial charge on any atom is -0.493 e. The fraction of sp³-hybridized carbons (Fsp3) is 0.588. The summed E-state index contributed by atoms with van der Waals surface area (Å²) in [7, 11) is 2.84. The zero-order chi connectivity index (χ0) is 16.7. The van der Waals surface area contributed by atoms with Crippen molar-refractivity contribution in [1.82, 2.24) is 4.90 Å². The predicted octanol–water partition coefficient (Wildman–Crippen LogP) is 1.71. The molecule has 0 spiro atoms. The lowest BCUT2D eigenvalue weighted by Crippen LogP contribution is -2.38. The number of hydrogen-bond donors (Lipinski definition) is 1. The molecule has 128 valence electrons. The van der Waals surface area contributed by atoms with Crippen LogP contribution in [0.1, 0.15) is 29.6 Å². The quantitative estimate of drug-likeness (QED) is 0.771. The number of rotatable bonds is 7. The zero-order valence-corrected chi connectivity index (χ0v) is 13.8. The molecule has 2 rings (SSSR count). The molecule has 0 bridgehead atoms. The summed E-state index contributed by atoms with van der Waals surface area (Å²) in [5, 5.41) is 10.1. The van der Waals surface area contributed by atoms with Crippen LogP contribution in [0.3, 0.4) is 0 Å². The van der Waals surface area contributed by atoms with Crippen molar-refractivity contribution in [2.24, 2.45) is 0 Å². The van der Waals surface area contributed by atoms with E-state index in [0.29, 0.717) is 23.6 Å². The molecular weight excluding hydrogens is 298 g/mol. The van der Waals surface area contributed by atoms with Crippen LogP contribution >= 0.6 is 0 Å². The van der Waals surface area contributed by atoms with Crippen LogP contribution in [0.25, 0.3) is 0 Å². The molecule has 1 aliphatic rings. The van der Waals surface area contributed by atoms with Gasteiger partial charge in [-0.2, -0.15) is 0 Å². The molecule has 6 heteroatoms. The van der Waals surface area contributed by atoms with Crippen LogP contribution in [0, 0.1) is 0 Å². The summed E-state index contributed by atoms with van der Waals surface area (Å²) >= 11 is 0. The van der Waals surface area contributed by atoms with Crippen LogP contribution in [-0.4, -0.2) is 62.5 Å². The van der Waals surface area contributed by atoms with Gasteiger partial charge in [0.2, 0.25) is 0 Å². The molecule has 1 fully saturated rings. The van der Waals surface area contributed by atoms with Crippen LogP contribution in [-0.2, 0) is 4.74 Å². The monoisotopic (exact) mass is 323 g/mol. The molecule has 1 N–H and O–H groups in total. The largest absolute Gasteiger partial charge is 0.493 e. The number of aliphatic hydroxyl groups is 1. The van der Waals surface area contributed by atoms with E-state index in [1.54, 1.807) is 18.2 Å². The van der Waals surface area contributed by atoms with Gasteiger partial charge in [0.25, 0.3) is 0 Å². The van der Waals surface area contributed by atoms with E-state index < -0.39 is 12.1 Å². The van der Waals surface area contributed by atoms with Crippen molar-refractivity contribution in [3.05, 3.63) is 23.8 Å². The molecule has 0 aliphatic carbocycles. The van der Waals surface area contributed by atoms with E-state index in [1.807, 2.05) is 0 Å². The van der Waals surface area contributed by atoms with Gasteiger partial charge < -0.3 is 24.2 Å². The van der Waals surface area contributed by atoms with E-state index in [4.69, 9.17) is 9.47 Å². The molecule has 0 radical (unpaired) electrons. The minimum atomic E-state index is -0.557. The Labute approximate surface area is 136 Å². The van der Waals surface area contributed by atoms with Gasteiger partial charge in [0.05, 0.1) is 19.8 Å². The number of β-amino-alcohol motifs (C(OH)–C–C–N with tert-alkyl or cyclic N) is 1. The molecule has 0 amide bonds. The molecule has 1 aromatic rings. The summed E-state index contributed by atoms with van der Waals surface area (Å²) in [5.41, 5.74) is 0.394. The molecule has 23 heavy (non-hydrogen) atoms. The number of methoxy groups -OCH3 is 2. The van der Waals surface area contributed by atoms with Crippen molar-refractivity contribution in [3.63, 3.8) is 0 Å². The van der Waals surface area contributed by atoms with Crippen molar-refractivity contribution in [2.45, 2.75) is 25.4 Å². The molecule has 6 nitrogen and oxygen atoms in total. The molecule has 0 aromatic heterocycles. The number of aliphatic hydroxyl groups excluding tert-OH is 1. The molecule has 1 saturated heterocycles. The number of esters is 1.